The quantitative estimate of drug-likeness (QED) is 0.155. The van der Waals surface area contributed by atoms with Crippen LogP contribution in [0.4, 0.5) is 0 Å². The second kappa shape index (κ2) is 14.6. The van der Waals surface area contributed by atoms with Gasteiger partial charge < -0.3 is 33.8 Å². The minimum Gasteiger partial charge on any atom is -0.465 e. The van der Waals surface area contributed by atoms with Crippen LogP contribution in [0, 0.1) is 27.7 Å². The number of nitrogens with zero attached hydrogens (tertiary/aromatic N) is 4. The van der Waals surface area contributed by atoms with E-state index in [4.69, 9.17) is 19.3 Å². The maximum Gasteiger partial charge on any atom is 0.326 e. The third kappa shape index (κ3) is 6.30. The summed E-state index contributed by atoms with van der Waals surface area (Å²) in [6.45, 7) is 10.4. The second-order valence-corrected chi connectivity index (χ2v) is 18.0. The molecule has 4 aliphatic rings. The van der Waals surface area contributed by atoms with Crippen molar-refractivity contribution in [3.05, 3.63) is 127 Å². The van der Waals surface area contributed by atoms with Crippen LogP contribution in [0.15, 0.2) is 79.1 Å². The van der Waals surface area contributed by atoms with E-state index in [0.29, 0.717) is 60.0 Å². The SMILES string of the molecule is CCOC(=O)C1(N)Cc2ccc(-c3ccc4c5oc(C)nc5c(=O)n(C5CC5)c4c3C)cc2C1.Cc1nc2c(=O)n(C3CC3)c3c(C)c(-c4ccc5c(c4)CCNC5=O)ccc3c2o1. The summed E-state index contributed by atoms with van der Waals surface area (Å²) >= 11 is 0. The number of benzene rings is 4. The molecule has 1 atom stereocenters. The number of aryl methyl sites for hydroxylation is 4. The summed E-state index contributed by atoms with van der Waals surface area (Å²) in [4.78, 5) is 59.9. The molecule has 324 valence electrons. The fourth-order valence-electron chi connectivity index (χ4n) is 10.2. The van der Waals surface area contributed by atoms with E-state index in [1.807, 2.05) is 33.4 Å². The van der Waals surface area contributed by atoms with Crippen molar-refractivity contribution in [3.63, 3.8) is 0 Å². The van der Waals surface area contributed by atoms with Crippen molar-refractivity contribution in [2.45, 2.75) is 97.2 Å². The molecule has 12 rings (SSSR count). The molecule has 13 nitrogen and oxygen atoms in total. The Morgan fingerprint density at radius 1 is 0.719 bits per heavy atom. The Kier molecular flexibility index (Phi) is 9.11. The number of pyridine rings is 2. The third-order valence-electron chi connectivity index (χ3n) is 13.5. The fraction of sp³-hybridized carbons (Fsp3) is 0.333. The number of amides is 1. The topological polar surface area (TPSA) is 177 Å². The zero-order valence-corrected chi connectivity index (χ0v) is 36.5. The molecule has 64 heavy (non-hydrogen) atoms. The second-order valence-electron chi connectivity index (χ2n) is 18.0. The summed E-state index contributed by atoms with van der Waals surface area (Å²) in [5.41, 5.74) is 19.3. The van der Waals surface area contributed by atoms with Crippen LogP contribution >= 0.6 is 0 Å². The lowest BCUT2D eigenvalue weighted by Gasteiger charge is -2.20. The summed E-state index contributed by atoms with van der Waals surface area (Å²) in [5.74, 6) is 0.638. The molecule has 0 bridgehead atoms. The van der Waals surface area contributed by atoms with Crippen LogP contribution in [0.3, 0.4) is 0 Å². The van der Waals surface area contributed by atoms with Crippen LogP contribution in [0.5, 0.6) is 0 Å². The maximum absolute atomic E-state index is 13.4. The zero-order valence-electron chi connectivity index (χ0n) is 36.5. The number of rotatable bonds is 6. The van der Waals surface area contributed by atoms with Gasteiger partial charge in [-0.3, -0.25) is 19.2 Å². The number of oxazole rings is 2. The lowest BCUT2D eigenvalue weighted by atomic mass is 9.92. The molecule has 3 N–H and O–H groups in total. The van der Waals surface area contributed by atoms with E-state index in [1.54, 1.807) is 20.8 Å². The van der Waals surface area contributed by atoms with Crippen molar-refractivity contribution in [1.29, 1.82) is 0 Å². The van der Waals surface area contributed by atoms with Gasteiger partial charge in [0.2, 0.25) is 0 Å². The zero-order chi connectivity index (χ0) is 44.3. The summed E-state index contributed by atoms with van der Waals surface area (Å²) < 4.78 is 20.8. The van der Waals surface area contributed by atoms with E-state index in [9.17, 15) is 19.2 Å². The van der Waals surface area contributed by atoms with E-state index in [2.05, 4.69) is 65.5 Å². The van der Waals surface area contributed by atoms with Gasteiger partial charge in [0.1, 0.15) is 5.54 Å². The van der Waals surface area contributed by atoms with Crippen LogP contribution in [-0.2, 0) is 28.8 Å². The predicted octanol–water partition coefficient (Wildman–Crippen LogP) is 8.17. The Morgan fingerprint density at radius 3 is 1.75 bits per heavy atom. The average Bonchev–Trinajstić information content (AvgIpc) is 4.19. The molecular formula is C51H48N6O7. The molecule has 13 heteroatoms. The fourth-order valence-corrected chi connectivity index (χ4v) is 10.2. The van der Waals surface area contributed by atoms with Crippen molar-refractivity contribution >= 4 is 55.9 Å². The predicted molar refractivity (Wildman–Crippen MR) is 245 cm³/mol. The van der Waals surface area contributed by atoms with E-state index in [0.717, 1.165) is 110 Å². The molecule has 4 aromatic carbocycles. The highest BCUT2D eigenvalue weighted by Crippen LogP contribution is 2.43. The van der Waals surface area contributed by atoms with E-state index < -0.39 is 5.54 Å². The summed E-state index contributed by atoms with van der Waals surface area (Å²) in [5, 5.41) is 4.73. The number of ether oxygens (including phenoxy) is 1. The Morgan fingerprint density at radius 2 is 1.22 bits per heavy atom. The van der Waals surface area contributed by atoms with E-state index in [-0.39, 0.29) is 35.1 Å². The van der Waals surface area contributed by atoms with Gasteiger partial charge in [-0.1, -0.05) is 42.5 Å². The van der Waals surface area contributed by atoms with Gasteiger partial charge in [-0.15, -0.1) is 0 Å². The molecule has 2 fully saturated rings. The first-order chi connectivity index (χ1) is 30.8. The van der Waals surface area contributed by atoms with Crippen molar-refractivity contribution in [1.82, 2.24) is 24.4 Å². The standard InChI is InChI=1S/C27H27N3O4.C24H21N3O3/c1-4-33-26(32)27(28)12-17-6-5-16(11-18(17)13-27)20-9-10-21-23(14(20)2)30(19-7-8-19)25(31)22-24(21)34-15(3)29-22;1-12-17(14-3-6-18-15(11-14)9-10-25-23(18)28)7-8-19-21(12)27(16-4-5-16)24(29)20-22(19)30-13(2)26-20/h5-6,9-11,19H,4,7-8,12-13,28H2,1-3H3;3,6-8,11,16H,4-5,9-10H2,1-2H3,(H,25,28). The number of nitrogens with two attached hydrogens (primary N) is 1. The molecule has 1 amide bonds. The van der Waals surface area contributed by atoms with E-state index >= 15 is 0 Å². The minimum atomic E-state index is -1.02. The first-order valence-electron chi connectivity index (χ1n) is 22.2. The molecule has 0 saturated heterocycles. The maximum atomic E-state index is 13.4. The molecule has 0 radical (unpaired) electrons. The van der Waals surface area contributed by atoms with Gasteiger partial charge >= 0.3 is 5.97 Å². The van der Waals surface area contributed by atoms with Crippen LogP contribution in [0.25, 0.3) is 66.3 Å². The first kappa shape index (κ1) is 40.0. The number of hydrogen-bond acceptors (Lipinski definition) is 10. The molecule has 8 aromatic rings. The first-order valence-corrected chi connectivity index (χ1v) is 22.2. The van der Waals surface area contributed by atoms with Crippen LogP contribution < -0.4 is 22.2 Å². The summed E-state index contributed by atoms with van der Waals surface area (Å²) in [7, 11) is 0. The Hall–Kier alpha value is -6.86. The monoisotopic (exact) mass is 856 g/mol. The molecule has 3 aliphatic carbocycles. The van der Waals surface area contributed by atoms with E-state index in [1.165, 1.54) is 0 Å². The number of aromatic nitrogens is 4. The number of hydrogen-bond donors (Lipinski definition) is 2. The third-order valence-corrected chi connectivity index (χ3v) is 13.5. The Labute approximate surface area is 367 Å². The number of carbonyl (C=O) groups is 2. The van der Waals surface area contributed by atoms with Gasteiger partial charge in [-0.05, 0) is 121 Å². The van der Waals surface area contributed by atoms with Gasteiger partial charge in [0.05, 0.1) is 17.6 Å². The normalized spacial score (nSPS) is 18.0. The highest BCUT2D eigenvalue weighted by molar-refractivity contribution is 6.05. The molecule has 1 unspecified atom stereocenters. The molecule has 1 aliphatic heterocycles. The van der Waals surface area contributed by atoms with Crippen molar-refractivity contribution in [2.24, 2.45) is 5.73 Å². The van der Waals surface area contributed by atoms with Gasteiger partial charge in [-0.25, -0.2) is 9.97 Å². The van der Waals surface area contributed by atoms with Crippen LogP contribution in [0.2, 0.25) is 0 Å². The van der Waals surface area contributed by atoms with Gasteiger partial charge in [0, 0.05) is 61.7 Å². The van der Waals surface area contributed by atoms with Gasteiger partial charge in [0.15, 0.2) is 34.0 Å². The van der Waals surface area contributed by atoms with Gasteiger partial charge in [-0.2, -0.15) is 0 Å². The number of carbonyl (C=O) groups excluding carboxylic acids is 2. The number of esters is 1. The lowest BCUT2D eigenvalue weighted by Crippen LogP contribution is -2.50. The highest BCUT2D eigenvalue weighted by Gasteiger charge is 2.42. The summed E-state index contributed by atoms with van der Waals surface area (Å²) in [6.07, 6.45) is 5.75. The largest absolute Gasteiger partial charge is 0.465 e. The van der Waals surface area contributed by atoms with Crippen LogP contribution in [-0.4, -0.2) is 49.7 Å². The Bertz CT molecular complexity index is 3460. The molecule has 0 spiro atoms. The Balaban J connectivity index is 0.000000144. The average molecular weight is 857 g/mol. The molecule has 4 aromatic heterocycles. The smallest absolute Gasteiger partial charge is 0.326 e. The molecular weight excluding hydrogens is 809 g/mol. The molecule has 5 heterocycles. The van der Waals surface area contributed by atoms with Gasteiger partial charge in [0.25, 0.3) is 17.0 Å². The van der Waals surface area contributed by atoms with Crippen LogP contribution in [0.1, 0.15) is 94.6 Å². The molecule has 2 saturated carbocycles. The number of fused-ring (bicyclic) bond motifs is 8. The highest BCUT2D eigenvalue weighted by atomic mass is 16.5. The summed E-state index contributed by atoms with van der Waals surface area (Å²) in [6, 6.07) is 20.9. The van der Waals surface area contributed by atoms with Crippen molar-refractivity contribution < 1.29 is 23.2 Å². The number of nitrogens with one attached hydrogen (secondary N) is 1. The lowest BCUT2D eigenvalue weighted by molar-refractivity contribution is -0.149. The van der Waals surface area contributed by atoms with Crippen molar-refractivity contribution in [2.75, 3.05) is 13.2 Å². The van der Waals surface area contributed by atoms with Crippen molar-refractivity contribution in [3.8, 4) is 22.3 Å². The minimum absolute atomic E-state index is 0.0105.